The summed E-state index contributed by atoms with van der Waals surface area (Å²) in [5, 5.41) is 3.08. The number of benzene rings is 3. The lowest BCUT2D eigenvalue weighted by atomic mass is 10.1. The van der Waals surface area contributed by atoms with Gasteiger partial charge in [-0.25, -0.2) is 4.98 Å². The summed E-state index contributed by atoms with van der Waals surface area (Å²) in [4.78, 5) is 6.98. The highest BCUT2D eigenvalue weighted by Crippen LogP contribution is 2.24. The predicted octanol–water partition coefficient (Wildman–Crippen LogP) is 5.37. The Kier molecular flexibility index (Phi) is 5.51. The first-order valence-corrected chi connectivity index (χ1v) is 9.89. The summed E-state index contributed by atoms with van der Waals surface area (Å²) in [5.41, 5.74) is 2.01. The molecule has 0 unspecified atom stereocenters. The fraction of sp³-hybridized carbons (Fsp3) is 0.261. The largest absolute Gasteiger partial charge is 0.486 e. The van der Waals surface area contributed by atoms with E-state index in [0.717, 1.165) is 42.1 Å². The van der Waals surface area contributed by atoms with Gasteiger partial charge in [-0.05, 0) is 68.2 Å². The van der Waals surface area contributed by atoms with E-state index in [1.54, 1.807) is 0 Å². The van der Waals surface area contributed by atoms with E-state index in [9.17, 15) is 0 Å². The molecule has 144 valence electrons. The van der Waals surface area contributed by atoms with Gasteiger partial charge in [0.15, 0.2) is 0 Å². The first-order chi connectivity index (χ1) is 13.6. The highest BCUT2D eigenvalue weighted by atomic mass is 35.5. The third-order valence-electron chi connectivity index (χ3n) is 4.87. The number of ether oxygens (including phenoxy) is 1. The number of aryl methyl sites for hydroxylation is 1. The quantitative estimate of drug-likeness (QED) is 0.422. The van der Waals surface area contributed by atoms with E-state index in [2.05, 4.69) is 47.8 Å². The van der Waals surface area contributed by atoms with Crippen molar-refractivity contribution in [1.82, 2.24) is 14.5 Å². The summed E-state index contributed by atoms with van der Waals surface area (Å²) in [7, 11) is 4.19. The second-order valence-electron chi connectivity index (χ2n) is 7.27. The Labute approximate surface area is 170 Å². The molecule has 28 heavy (non-hydrogen) atoms. The first kappa shape index (κ1) is 18.8. The summed E-state index contributed by atoms with van der Waals surface area (Å²) >= 11 is 6.17. The lowest BCUT2D eigenvalue weighted by Crippen LogP contribution is -2.16. The van der Waals surface area contributed by atoms with Crippen LogP contribution in [0.15, 0.2) is 60.7 Å². The van der Waals surface area contributed by atoms with E-state index < -0.39 is 0 Å². The van der Waals surface area contributed by atoms with Crippen molar-refractivity contribution >= 4 is 33.4 Å². The Bertz CT molecular complexity index is 1100. The normalized spacial score (nSPS) is 11.6. The molecule has 5 heteroatoms. The number of rotatable bonds is 7. The van der Waals surface area contributed by atoms with Gasteiger partial charge in [-0.2, -0.15) is 0 Å². The average molecular weight is 394 g/mol. The van der Waals surface area contributed by atoms with E-state index >= 15 is 0 Å². The third kappa shape index (κ3) is 4.13. The van der Waals surface area contributed by atoms with E-state index in [4.69, 9.17) is 21.3 Å². The molecule has 0 amide bonds. The topological polar surface area (TPSA) is 30.3 Å². The number of hydrogen-bond donors (Lipinski definition) is 0. The van der Waals surface area contributed by atoms with Crippen molar-refractivity contribution in [2.24, 2.45) is 0 Å². The van der Waals surface area contributed by atoms with Crippen molar-refractivity contribution in [3.05, 3.63) is 71.5 Å². The standard InChI is InChI=1S/C23H24ClN3O/c1-26(2)12-5-13-27-22-11-9-19(24)15-21(22)25-23(27)16-28-20-10-8-17-6-3-4-7-18(17)14-20/h3-4,6-11,14-15H,5,12-13,16H2,1-2H3. The van der Waals surface area contributed by atoms with Gasteiger partial charge in [-0.1, -0.05) is 41.9 Å². The van der Waals surface area contributed by atoms with E-state index in [1.165, 1.54) is 10.8 Å². The number of halogens is 1. The molecule has 3 aromatic carbocycles. The highest BCUT2D eigenvalue weighted by Gasteiger charge is 2.12. The maximum absolute atomic E-state index is 6.17. The molecule has 0 aliphatic rings. The SMILES string of the molecule is CN(C)CCCn1c(COc2ccc3ccccc3c2)nc2cc(Cl)ccc21. The molecule has 0 bridgehead atoms. The molecular weight excluding hydrogens is 370 g/mol. The second-order valence-corrected chi connectivity index (χ2v) is 7.70. The number of imidazole rings is 1. The van der Waals surface area contributed by atoms with Gasteiger partial charge in [0, 0.05) is 11.6 Å². The molecule has 0 fully saturated rings. The predicted molar refractivity (Wildman–Crippen MR) is 116 cm³/mol. The summed E-state index contributed by atoms with van der Waals surface area (Å²) in [6, 6.07) is 20.3. The zero-order valence-electron chi connectivity index (χ0n) is 16.2. The van der Waals surface area contributed by atoms with Crippen molar-refractivity contribution in [3.63, 3.8) is 0 Å². The van der Waals surface area contributed by atoms with Crippen LogP contribution >= 0.6 is 11.6 Å². The summed E-state index contributed by atoms with van der Waals surface area (Å²) < 4.78 is 8.35. The molecule has 0 spiro atoms. The van der Waals surface area contributed by atoms with Crippen LogP contribution < -0.4 is 4.74 Å². The second kappa shape index (κ2) is 8.21. The van der Waals surface area contributed by atoms with Crippen LogP contribution in [-0.2, 0) is 13.2 Å². The van der Waals surface area contributed by atoms with E-state index in [1.807, 2.05) is 36.4 Å². The lowest BCUT2D eigenvalue weighted by molar-refractivity contribution is 0.288. The van der Waals surface area contributed by atoms with Crippen LogP contribution in [0.3, 0.4) is 0 Å². The van der Waals surface area contributed by atoms with Gasteiger partial charge in [0.1, 0.15) is 18.2 Å². The molecule has 1 aromatic heterocycles. The number of nitrogens with zero attached hydrogens (tertiary/aromatic N) is 3. The number of aromatic nitrogens is 2. The summed E-state index contributed by atoms with van der Waals surface area (Å²) in [6.07, 6.45) is 1.05. The molecule has 4 nitrogen and oxygen atoms in total. The fourth-order valence-corrected chi connectivity index (χ4v) is 3.63. The van der Waals surface area contributed by atoms with Crippen LogP contribution in [0, 0.1) is 0 Å². The van der Waals surface area contributed by atoms with Crippen LogP contribution in [0.25, 0.3) is 21.8 Å². The molecular formula is C23H24ClN3O. The number of hydrogen-bond acceptors (Lipinski definition) is 3. The van der Waals surface area contributed by atoms with Crippen molar-refractivity contribution in [2.45, 2.75) is 19.6 Å². The zero-order chi connectivity index (χ0) is 19.5. The van der Waals surface area contributed by atoms with Gasteiger partial charge in [-0.15, -0.1) is 0 Å². The number of fused-ring (bicyclic) bond motifs is 2. The van der Waals surface area contributed by atoms with Crippen molar-refractivity contribution in [2.75, 3.05) is 20.6 Å². The van der Waals surface area contributed by atoms with Gasteiger partial charge in [0.2, 0.25) is 0 Å². The van der Waals surface area contributed by atoms with Gasteiger partial charge < -0.3 is 14.2 Å². The van der Waals surface area contributed by atoms with Crippen LogP contribution in [0.4, 0.5) is 0 Å². The van der Waals surface area contributed by atoms with Gasteiger partial charge >= 0.3 is 0 Å². The van der Waals surface area contributed by atoms with E-state index in [0.29, 0.717) is 11.6 Å². The van der Waals surface area contributed by atoms with E-state index in [-0.39, 0.29) is 0 Å². The Hall–Kier alpha value is -2.56. The van der Waals surface area contributed by atoms with Crippen LogP contribution in [0.2, 0.25) is 5.02 Å². The summed E-state index contributed by atoms with van der Waals surface area (Å²) in [6.45, 7) is 2.34. The Balaban J connectivity index is 1.58. The van der Waals surface area contributed by atoms with Crippen LogP contribution in [-0.4, -0.2) is 35.1 Å². The van der Waals surface area contributed by atoms with Crippen LogP contribution in [0.1, 0.15) is 12.2 Å². The molecule has 4 aromatic rings. The minimum atomic E-state index is 0.423. The maximum Gasteiger partial charge on any atom is 0.147 e. The third-order valence-corrected chi connectivity index (χ3v) is 5.10. The molecule has 0 saturated carbocycles. The fourth-order valence-electron chi connectivity index (χ4n) is 3.46. The van der Waals surface area contributed by atoms with Crippen molar-refractivity contribution in [1.29, 1.82) is 0 Å². The molecule has 0 N–H and O–H groups in total. The monoisotopic (exact) mass is 393 g/mol. The Morgan fingerprint density at radius 1 is 1.00 bits per heavy atom. The zero-order valence-corrected chi connectivity index (χ0v) is 17.0. The van der Waals surface area contributed by atoms with Crippen molar-refractivity contribution < 1.29 is 4.74 Å². The van der Waals surface area contributed by atoms with Crippen molar-refractivity contribution in [3.8, 4) is 5.75 Å². The molecule has 0 radical (unpaired) electrons. The molecule has 0 saturated heterocycles. The molecule has 0 atom stereocenters. The first-order valence-electron chi connectivity index (χ1n) is 9.51. The molecule has 0 aliphatic carbocycles. The van der Waals surface area contributed by atoms with Gasteiger partial charge in [0.25, 0.3) is 0 Å². The van der Waals surface area contributed by atoms with Gasteiger partial charge in [-0.3, -0.25) is 0 Å². The highest BCUT2D eigenvalue weighted by molar-refractivity contribution is 6.31. The molecule has 4 rings (SSSR count). The minimum Gasteiger partial charge on any atom is -0.486 e. The molecule has 0 aliphatic heterocycles. The lowest BCUT2D eigenvalue weighted by Gasteiger charge is -2.13. The smallest absolute Gasteiger partial charge is 0.147 e. The maximum atomic E-state index is 6.17. The van der Waals surface area contributed by atoms with Gasteiger partial charge in [0.05, 0.1) is 11.0 Å². The Morgan fingerprint density at radius 3 is 2.64 bits per heavy atom. The average Bonchev–Trinajstić information content (AvgIpc) is 3.02. The molecule has 1 heterocycles. The van der Waals surface area contributed by atoms with Crippen LogP contribution in [0.5, 0.6) is 5.75 Å². The minimum absolute atomic E-state index is 0.423. The summed E-state index contributed by atoms with van der Waals surface area (Å²) in [5.74, 6) is 1.77. The Morgan fingerprint density at radius 2 is 1.82 bits per heavy atom.